The van der Waals surface area contributed by atoms with Crippen LogP contribution >= 0.6 is 18.9 Å². The molecule has 33 heteroatoms. The summed E-state index contributed by atoms with van der Waals surface area (Å²) >= 11 is 1.71. The van der Waals surface area contributed by atoms with Gasteiger partial charge in [-0.15, -0.1) is 11.3 Å². The van der Waals surface area contributed by atoms with Crippen LogP contribution in [0.2, 0.25) is 0 Å². The first-order valence-electron chi connectivity index (χ1n) is 5.21. The second-order valence-electron chi connectivity index (χ2n) is 3.45. The smallest absolute Gasteiger partial charge is 0.693 e. The van der Waals surface area contributed by atoms with Gasteiger partial charge in [-0.05, 0) is 12.8 Å². The van der Waals surface area contributed by atoms with Crippen LogP contribution < -0.4 is 5.73 Å². The van der Waals surface area contributed by atoms with Gasteiger partial charge in [-0.2, -0.15) is 13.1 Å². The normalized spacial score (nSPS) is 5.42. The summed E-state index contributed by atoms with van der Waals surface area (Å²) in [5.74, 6) is 0. The maximum Gasteiger partial charge on any atom is 1.00 e. The standard InChI is InChI=1S/C9H15N2S.CH4O3P.10Ac.5H2N.7No.Np.3H2O/c1-2-3-4-5-9-11-8(6-10)7-12-9;1-5(2,3)4;;;;;;;;;;;;;;;;;;;;;;;;;;/h7H,1-6,10H2;1H2,(H2,2,3,4);;;;;;;;;;;5*1H2;;;;;;;;;3*1H2/q2*-1;;;;;;;;;;;5*-1;;;;;;;;;;;/p+3. The van der Waals surface area contributed by atoms with Gasteiger partial charge < -0.3 is 69.6 Å². The molecular formula is C10H38Ac10N7No7NpO6PS-4. The maximum atomic E-state index is 9.33. The number of rotatable bonds is 5. The van der Waals surface area contributed by atoms with Crippen LogP contribution in [0.25, 0.3) is 30.8 Å². The van der Waals surface area contributed by atoms with Gasteiger partial charge in [-0.3, -0.25) is 0 Å². The van der Waals surface area contributed by atoms with Crippen LogP contribution in [0.1, 0.15) is 32.8 Å². The topological polar surface area (TPSA) is 361 Å². The average Bonchev–Trinajstić information content (AvgIpc) is 2.64. The van der Waals surface area contributed by atoms with Gasteiger partial charge >= 0.3 is 10.4 Å². The van der Waals surface area contributed by atoms with E-state index in [0.717, 1.165) is 18.5 Å². The molecule has 43 heavy (non-hydrogen) atoms. The Kier molecular flexibility index (Phi) is 792. The second-order valence-corrected chi connectivity index (χ2v) is 5.79. The van der Waals surface area contributed by atoms with Gasteiger partial charge in [0, 0.05) is 482 Å². The molecule has 0 aromatic carbocycles. The molecule has 0 saturated heterocycles. The number of thiazole rings is 1. The molecule has 0 aliphatic heterocycles. The van der Waals surface area contributed by atoms with Crippen molar-refractivity contribution >= 4 is 18.9 Å². The summed E-state index contributed by atoms with van der Waals surface area (Å²) in [4.78, 5) is 17.9. The number of nitrogens with zero attached hydrogens (tertiary/aromatic N) is 1. The van der Waals surface area contributed by atoms with Gasteiger partial charge in [0.1, 0.15) is 0 Å². The molecule has 1 rings (SSSR count). The van der Waals surface area contributed by atoms with E-state index in [1.807, 2.05) is 5.38 Å². The summed E-state index contributed by atoms with van der Waals surface area (Å²) in [5.41, 5.74) is 6.47. The number of aromatic nitrogens is 1. The summed E-state index contributed by atoms with van der Waals surface area (Å²) in [6.07, 6.45) is 4.49. The Morgan fingerprint density at radius 1 is 0.767 bits per heavy atom. The summed E-state index contributed by atoms with van der Waals surface area (Å²) in [7, 11) is -3.64. The third-order valence-corrected chi connectivity index (χ3v) is 2.66. The maximum absolute atomic E-state index is 9.33. The van der Waals surface area contributed by atoms with Crippen molar-refractivity contribution in [2.45, 2.75) is 32.2 Å². The number of unbranched alkanes of at least 4 members (excludes halogenated alkanes) is 2. The predicted molar refractivity (Wildman–Crippen MR) is 111 cm³/mol. The number of nitrogens with two attached hydrogens (primary N) is 6. The molecule has 0 fully saturated rings. The zero-order valence-electron chi connectivity index (χ0n) is 24.2. The van der Waals surface area contributed by atoms with E-state index in [2.05, 4.69) is 18.6 Å². The van der Waals surface area contributed by atoms with E-state index in [1.165, 1.54) is 17.8 Å². The van der Waals surface area contributed by atoms with E-state index in [0.29, 0.717) is 6.54 Å². The largest absolute Gasteiger partial charge is 1.00 e. The van der Waals surface area contributed by atoms with Crippen LogP contribution in [0, 0.1) is 484 Å². The van der Waals surface area contributed by atoms with Crippen molar-refractivity contribution in [3.63, 3.8) is 0 Å². The molecule has 13 nitrogen and oxygen atoms in total. The molecule has 11 radical (unpaired) electrons. The van der Waals surface area contributed by atoms with Crippen molar-refractivity contribution in [3.05, 3.63) is 60.4 Å². The first-order chi connectivity index (χ1) is 7.86. The zero-order chi connectivity index (χ0) is 13.3. The molecule has 0 aliphatic carbocycles. The SMILES string of the molecule is O.O.O.[Ac].[Ac].[Ac].[Ac].[Ac].[Ac].[Ac].[Ac].[Ac].[Ac].[CH2-]CCCCc1nc(CN)cs1.[CH2-]P(=O)(O)[OH2+].[H+].[H+].[NH2-].[NH2-].[NH2-].[NH2-].[NH2-].[No].[No].[No].[No].[No].[No].[No].[Np]. The summed E-state index contributed by atoms with van der Waals surface area (Å²) < 4.78 is 9.33. The fraction of sp³-hybridized carbons (Fsp3) is 0.500. The molecule has 1 aromatic heterocycles. The minimum atomic E-state index is -3.64. The number of hydrogen-bond acceptors (Lipinski definition) is 4. The van der Waals surface area contributed by atoms with Crippen LogP contribution in [0.5, 0.6) is 0 Å². The van der Waals surface area contributed by atoms with Crippen molar-refractivity contribution < 1.29 is 504 Å². The van der Waals surface area contributed by atoms with E-state index in [-0.39, 0.29) is 521 Å². The van der Waals surface area contributed by atoms with E-state index < -0.39 is 7.60 Å². The van der Waals surface area contributed by atoms with E-state index >= 15 is 0 Å². The zero-order valence-corrected chi connectivity index (χ0v) is 90.7. The van der Waals surface area contributed by atoms with Gasteiger partial charge in [0.25, 0.3) is 0 Å². The Labute approximate surface area is 606 Å². The molecule has 21 N–H and O–H groups in total. The van der Waals surface area contributed by atoms with Crippen LogP contribution in [0.4, 0.5) is 0 Å². The molecular weight excluding hydrogens is 4700 g/mol. The van der Waals surface area contributed by atoms with Crippen LogP contribution in [-0.4, -0.2) is 31.2 Å². The molecule has 1 unspecified atom stereocenters. The fourth-order valence-corrected chi connectivity index (χ4v) is 1.86. The minimum Gasteiger partial charge on any atom is -0.693 e. The molecule has 0 saturated carbocycles. The van der Waals surface area contributed by atoms with Crippen molar-refractivity contribution in [3.8, 4) is 0 Å². The van der Waals surface area contributed by atoms with Crippen LogP contribution in [0.15, 0.2) is 5.38 Å². The van der Waals surface area contributed by atoms with Gasteiger partial charge in [0.15, 0.2) is 0 Å². The molecule has 1 atom stereocenters. The molecule has 0 aliphatic rings. The average molecular weight is 4740 g/mol. The summed E-state index contributed by atoms with van der Waals surface area (Å²) in [6.45, 7) is 6.91. The Morgan fingerprint density at radius 2 is 1.00 bits per heavy atom. The predicted octanol–water partition coefficient (Wildman–Crippen LogP) is 3.17. The molecule has 0 spiro atoms. The van der Waals surface area contributed by atoms with Crippen molar-refractivity contribution in [2.24, 2.45) is 5.73 Å². The first-order valence-corrected chi connectivity index (χ1v) is 7.94. The fourth-order valence-electron chi connectivity index (χ4n) is 1.01. The van der Waals surface area contributed by atoms with Crippen LogP contribution in [-0.2, 0) is 17.5 Å². The monoisotopic (exact) mass is 4740 g/mol. The quantitative estimate of drug-likeness (QED) is 0.194. The Balaban J connectivity index is -0.00000000275. The molecule has 1 aromatic rings. The Morgan fingerprint density at radius 3 is 1.16 bits per heavy atom. The van der Waals surface area contributed by atoms with E-state index in [4.69, 9.17) is 15.5 Å². The van der Waals surface area contributed by atoms with Crippen molar-refractivity contribution in [1.29, 1.82) is 0 Å². The van der Waals surface area contributed by atoms with Crippen LogP contribution in [0.3, 0.4) is 0 Å². The Bertz CT molecular complexity index is 437. The van der Waals surface area contributed by atoms with Crippen molar-refractivity contribution in [1.82, 2.24) is 4.98 Å². The molecule has 297 valence electrons. The summed E-state index contributed by atoms with van der Waals surface area (Å²) in [5, 5.41) is 3.25. The van der Waals surface area contributed by atoms with E-state index in [9.17, 15) is 4.57 Å². The second kappa shape index (κ2) is 153. The number of hydrogen-bond donors (Lipinski definition) is 2. The molecule has 1 heterocycles. The van der Waals surface area contributed by atoms with Crippen molar-refractivity contribution in [2.75, 3.05) is 0 Å². The minimum absolute atomic E-state index is 0. The third kappa shape index (κ3) is 201. The third-order valence-electron chi connectivity index (χ3n) is 1.70. The van der Waals surface area contributed by atoms with Gasteiger partial charge in [0.2, 0.25) is 0 Å². The van der Waals surface area contributed by atoms with E-state index in [1.54, 1.807) is 11.3 Å². The molecule has 0 amide bonds. The Hall–Kier alpha value is 7.85. The van der Waals surface area contributed by atoms with Gasteiger partial charge in [-0.1, -0.05) is 6.42 Å². The first kappa shape index (κ1) is 222. The van der Waals surface area contributed by atoms with Gasteiger partial charge in [0.05, 0.1) is 10.7 Å². The summed E-state index contributed by atoms with van der Waals surface area (Å²) in [6, 6.07) is 0. The van der Waals surface area contributed by atoms with Gasteiger partial charge in [-0.25, -0.2) is 9.55 Å². The number of aryl methyl sites for hydroxylation is 1. The molecule has 0 bridgehead atoms.